The van der Waals surface area contributed by atoms with Gasteiger partial charge in [0.1, 0.15) is 30.4 Å². The van der Waals surface area contributed by atoms with Crippen LogP contribution in [-0.2, 0) is 6.54 Å². The molecule has 0 amide bonds. The van der Waals surface area contributed by atoms with Crippen molar-refractivity contribution >= 4 is 5.78 Å². The second-order valence-corrected chi connectivity index (χ2v) is 3.87. The monoisotopic (exact) mass is 272 g/mol. The summed E-state index contributed by atoms with van der Waals surface area (Å²) in [6.45, 7) is -0.0296. The molecule has 2 rings (SSSR count). The van der Waals surface area contributed by atoms with E-state index in [0.29, 0.717) is 17.1 Å². The van der Waals surface area contributed by atoms with Gasteiger partial charge in [-0.2, -0.15) is 5.26 Å². The lowest BCUT2D eigenvalue weighted by molar-refractivity contribution is 0.0964. The van der Waals surface area contributed by atoms with E-state index in [9.17, 15) is 4.79 Å². The zero-order valence-corrected chi connectivity index (χ0v) is 11.0. The van der Waals surface area contributed by atoms with Gasteiger partial charge < -0.3 is 9.47 Å². The van der Waals surface area contributed by atoms with Crippen molar-refractivity contribution in [3.05, 3.63) is 35.9 Å². The van der Waals surface area contributed by atoms with Crippen LogP contribution in [0.5, 0.6) is 11.5 Å². The maximum Gasteiger partial charge on any atom is 0.252 e. The first-order valence-electron chi connectivity index (χ1n) is 5.72. The van der Waals surface area contributed by atoms with Crippen LogP contribution in [0.15, 0.2) is 24.5 Å². The molecule has 0 N–H and O–H groups in total. The van der Waals surface area contributed by atoms with Crippen LogP contribution in [0.3, 0.4) is 0 Å². The molecule has 0 bridgehead atoms. The highest BCUT2D eigenvalue weighted by atomic mass is 16.5. The van der Waals surface area contributed by atoms with Gasteiger partial charge in [0.2, 0.25) is 0 Å². The number of hydrogen-bond acceptors (Lipinski definition) is 6. The summed E-state index contributed by atoms with van der Waals surface area (Å²) in [5.41, 5.74) is 0.390. The number of benzene rings is 1. The van der Waals surface area contributed by atoms with Crippen molar-refractivity contribution in [1.29, 1.82) is 5.26 Å². The van der Waals surface area contributed by atoms with Crippen molar-refractivity contribution in [2.24, 2.45) is 0 Å². The molecule has 0 aliphatic carbocycles. The Morgan fingerprint density at radius 1 is 1.40 bits per heavy atom. The third-order valence-corrected chi connectivity index (χ3v) is 2.65. The predicted molar refractivity (Wildman–Crippen MR) is 68.6 cm³/mol. The van der Waals surface area contributed by atoms with Crippen LogP contribution in [-0.4, -0.2) is 34.8 Å². The molecule has 0 atom stereocenters. The van der Waals surface area contributed by atoms with Gasteiger partial charge in [0.25, 0.3) is 5.82 Å². The highest BCUT2D eigenvalue weighted by molar-refractivity contribution is 5.98. The second kappa shape index (κ2) is 5.84. The molecule has 0 aliphatic rings. The molecule has 0 spiro atoms. The van der Waals surface area contributed by atoms with Gasteiger partial charge in [-0.3, -0.25) is 4.79 Å². The van der Waals surface area contributed by atoms with Gasteiger partial charge in [-0.05, 0) is 18.2 Å². The molecule has 1 aromatic carbocycles. The molecule has 7 nitrogen and oxygen atoms in total. The molecule has 0 fully saturated rings. The minimum absolute atomic E-state index is 0.0235. The van der Waals surface area contributed by atoms with Gasteiger partial charge in [0.05, 0.1) is 19.8 Å². The van der Waals surface area contributed by atoms with E-state index in [1.165, 1.54) is 25.2 Å². The SMILES string of the molecule is COc1ccc(OC)c(C(=O)Cn2cnc(C#N)n2)c1. The molecule has 0 unspecified atom stereocenters. The number of rotatable bonds is 5. The summed E-state index contributed by atoms with van der Waals surface area (Å²) in [6, 6.07) is 6.77. The number of Topliss-reactive ketones (excluding diaryl/α,β-unsaturated/α-hetero) is 1. The van der Waals surface area contributed by atoms with E-state index < -0.39 is 0 Å². The van der Waals surface area contributed by atoms with Gasteiger partial charge in [0, 0.05) is 0 Å². The zero-order chi connectivity index (χ0) is 14.5. The Morgan fingerprint density at radius 3 is 2.80 bits per heavy atom. The van der Waals surface area contributed by atoms with E-state index >= 15 is 0 Å². The summed E-state index contributed by atoms with van der Waals surface area (Å²) in [4.78, 5) is 16.0. The molecule has 2 aromatic rings. The molecule has 1 heterocycles. The van der Waals surface area contributed by atoms with Crippen LogP contribution in [0.25, 0.3) is 0 Å². The first kappa shape index (κ1) is 13.5. The van der Waals surface area contributed by atoms with E-state index in [2.05, 4.69) is 10.1 Å². The number of methoxy groups -OCH3 is 2. The van der Waals surface area contributed by atoms with Crippen LogP contribution in [0, 0.1) is 11.3 Å². The van der Waals surface area contributed by atoms with Crippen molar-refractivity contribution in [3.8, 4) is 17.6 Å². The van der Waals surface area contributed by atoms with Crippen LogP contribution in [0.4, 0.5) is 0 Å². The third kappa shape index (κ3) is 2.75. The Kier molecular flexibility index (Phi) is 3.96. The van der Waals surface area contributed by atoms with Crippen LogP contribution >= 0.6 is 0 Å². The van der Waals surface area contributed by atoms with E-state index in [0.717, 1.165) is 0 Å². The Balaban J connectivity index is 2.26. The number of ketones is 1. The maximum absolute atomic E-state index is 12.3. The molecule has 0 aliphatic heterocycles. The minimum Gasteiger partial charge on any atom is -0.497 e. The summed E-state index contributed by atoms with van der Waals surface area (Å²) in [5.74, 6) is 0.826. The molecule has 20 heavy (non-hydrogen) atoms. The Morgan fingerprint density at radius 2 is 2.20 bits per heavy atom. The Hall–Kier alpha value is -2.88. The molecular formula is C13H12N4O3. The molecule has 7 heteroatoms. The summed E-state index contributed by atoms with van der Waals surface area (Å²) in [5, 5.41) is 12.5. The number of ether oxygens (including phenoxy) is 2. The quantitative estimate of drug-likeness (QED) is 0.756. The topological polar surface area (TPSA) is 90.0 Å². The molecule has 102 valence electrons. The van der Waals surface area contributed by atoms with Crippen molar-refractivity contribution in [3.63, 3.8) is 0 Å². The van der Waals surface area contributed by atoms with Gasteiger partial charge in [-0.1, -0.05) is 0 Å². The fraction of sp³-hybridized carbons (Fsp3) is 0.231. The van der Waals surface area contributed by atoms with E-state index in [1.54, 1.807) is 24.3 Å². The lowest BCUT2D eigenvalue weighted by Crippen LogP contribution is -2.12. The Labute approximate surface area is 115 Å². The summed E-state index contributed by atoms with van der Waals surface area (Å²) >= 11 is 0. The van der Waals surface area contributed by atoms with E-state index in [1.807, 2.05) is 0 Å². The standard InChI is InChI=1S/C13H12N4O3/c1-19-9-3-4-12(20-2)10(5-9)11(18)7-17-8-15-13(6-14)16-17/h3-5,8H,7H2,1-2H3. The number of nitriles is 1. The second-order valence-electron chi connectivity index (χ2n) is 3.87. The zero-order valence-electron chi connectivity index (χ0n) is 11.0. The van der Waals surface area contributed by atoms with Crippen LogP contribution < -0.4 is 9.47 Å². The third-order valence-electron chi connectivity index (χ3n) is 2.65. The Bertz CT molecular complexity index is 672. The van der Waals surface area contributed by atoms with Crippen molar-refractivity contribution < 1.29 is 14.3 Å². The largest absolute Gasteiger partial charge is 0.497 e. The molecule has 0 radical (unpaired) electrons. The molecule has 0 saturated carbocycles. The summed E-state index contributed by atoms with van der Waals surface area (Å²) < 4.78 is 11.6. The fourth-order valence-corrected chi connectivity index (χ4v) is 1.69. The smallest absolute Gasteiger partial charge is 0.252 e. The van der Waals surface area contributed by atoms with Crippen molar-refractivity contribution in [2.45, 2.75) is 6.54 Å². The normalized spacial score (nSPS) is 9.85. The highest BCUT2D eigenvalue weighted by Gasteiger charge is 2.15. The first-order chi connectivity index (χ1) is 9.67. The van der Waals surface area contributed by atoms with E-state index in [-0.39, 0.29) is 18.2 Å². The number of nitrogens with zero attached hydrogens (tertiary/aromatic N) is 4. The van der Waals surface area contributed by atoms with Gasteiger partial charge in [-0.25, -0.2) is 9.67 Å². The average molecular weight is 272 g/mol. The van der Waals surface area contributed by atoms with Crippen LogP contribution in [0.2, 0.25) is 0 Å². The lowest BCUT2D eigenvalue weighted by Gasteiger charge is -2.09. The summed E-state index contributed by atoms with van der Waals surface area (Å²) in [6.07, 6.45) is 1.34. The lowest BCUT2D eigenvalue weighted by atomic mass is 10.1. The van der Waals surface area contributed by atoms with Crippen molar-refractivity contribution in [2.75, 3.05) is 14.2 Å². The number of carbonyl (C=O) groups is 1. The number of carbonyl (C=O) groups excluding carboxylic acids is 1. The minimum atomic E-state index is -0.213. The highest BCUT2D eigenvalue weighted by Crippen LogP contribution is 2.24. The maximum atomic E-state index is 12.3. The van der Waals surface area contributed by atoms with Gasteiger partial charge in [-0.15, -0.1) is 5.10 Å². The van der Waals surface area contributed by atoms with Gasteiger partial charge in [0.15, 0.2) is 5.78 Å². The van der Waals surface area contributed by atoms with Crippen LogP contribution in [0.1, 0.15) is 16.2 Å². The van der Waals surface area contributed by atoms with Crippen molar-refractivity contribution in [1.82, 2.24) is 14.8 Å². The van der Waals surface area contributed by atoms with Gasteiger partial charge >= 0.3 is 0 Å². The summed E-state index contributed by atoms with van der Waals surface area (Å²) in [7, 11) is 3.01. The van der Waals surface area contributed by atoms with E-state index in [4.69, 9.17) is 14.7 Å². The molecule has 1 aromatic heterocycles. The molecular weight excluding hydrogens is 260 g/mol. The fourth-order valence-electron chi connectivity index (χ4n) is 1.69. The number of hydrogen-bond donors (Lipinski definition) is 0. The predicted octanol–water partition coefficient (Wildman–Crippen LogP) is 1.05. The molecule has 0 saturated heterocycles. The average Bonchev–Trinajstić information content (AvgIpc) is 2.94. The number of aromatic nitrogens is 3. The first-order valence-corrected chi connectivity index (χ1v) is 5.72.